The van der Waals surface area contributed by atoms with Gasteiger partial charge in [0.25, 0.3) is 5.56 Å². The Bertz CT molecular complexity index is 640. The van der Waals surface area contributed by atoms with Gasteiger partial charge in [-0.15, -0.1) is 0 Å². The van der Waals surface area contributed by atoms with Crippen LogP contribution in [-0.4, -0.2) is 35.2 Å². The van der Waals surface area contributed by atoms with Crippen LogP contribution in [-0.2, 0) is 25.6 Å². The zero-order valence-corrected chi connectivity index (χ0v) is 11.0. The van der Waals surface area contributed by atoms with Crippen LogP contribution in [0.4, 0.5) is 0 Å². The van der Waals surface area contributed by atoms with E-state index < -0.39 is 23.2 Å². The molecule has 0 radical (unpaired) electrons. The minimum absolute atomic E-state index is 0.0737. The Balaban J connectivity index is 2.53. The summed E-state index contributed by atoms with van der Waals surface area (Å²) in [7, 11) is 1.18. The first-order valence-electron chi connectivity index (χ1n) is 5.67. The smallest absolute Gasteiger partial charge is 0.331 e. The van der Waals surface area contributed by atoms with Crippen LogP contribution in [0, 0.1) is 6.92 Å². The Morgan fingerprint density at radius 3 is 2.60 bits per heavy atom. The fourth-order valence-corrected chi connectivity index (χ4v) is 1.28. The highest BCUT2D eigenvalue weighted by Gasteiger charge is 2.03. The molecular weight excluding hydrogens is 268 g/mol. The SMILES string of the molecule is COC(=O)/C=C/C(=O)OCCn1cc(C)c(=O)[nH]c1=O. The topological polar surface area (TPSA) is 107 Å². The molecule has 0 saturated carbocycles. The molecule has 0 saturated heterocycles. The number of methoxy groups -OCH3 is 1. The average molecular weight is 282 g/mol. The molecule has 0 atom stereocenters. The molecule has 0 aromatic carbocycles. The van der Waals surface area contributed by atoms with E-state index in [9.17, 15) is 19.2 Å². The minimum atomic E-state index is -0.732. The summed E-state index contributed by atoms with van der Waals surface area (Å²) in [6, 6.07) is 0. The lowest BCUT2D eigenvalue weighted by molar-refractivity contribution is -0.139. The van der Waals surface area contributed by atoms with E-state index in [1.54, 1.807) is 6.92 Å². The molecule has 0 spiro atoms. The van der Waals surface area contributed by atoms with Gasteiger partial charge in [0.1, 0.15) is 6.61 Å². The van der Waals surface area contributed by atoms with Gasteiger partial charge in [-0.3, -0.25) is 14.3 Å². The van der Waals surface area contributed by atoms with E-state index in [0.717, 1.165) is 12.2 Å². The van der Waals surface area contributed by atoms with Crippen molar-refractivity contribution in [3.8, 4) is 0 Å². The Morgan fingerprint density at radius 2 is 1.95 bits per heavy atom. The van der Waals surface area contributed by atoms with Crippen molar-refractivity contribution < 1.29 is 19.1 Å². The number of ether oxygens (including phenoxy) is 2. The molecule has 0 bridgehead atoms. The molecule has 1 aromatic heterocycles. The van der Waals surface area contributed by atoms with Crippen LogP contribution < -0.4 is 11.2 Å². The summed E-state index contributed by atoms with van der Waals surface area (Å²) >= 11 is 0. The fourth-order valence-electron chi connectivity index (χ4n) is 1.28. The van der Waals surface area contributed by atoms with Crippen molar-refractivity contribution in [3.05, 3.63) is 44.8 Å². The number of nitrogens with zero attached hydrogens (tertiary/aromatic N) is 1. The minimum Gasteiger partial charge on any atom is -0.466 e. The second-order valence-electron chi connectivity index (χ2n) is 3.79. The van der Waals surface area contributed by atoms with Crippen LogP contribution in [0.1, 0.15) is 5.56 Å². The monoisotopic (exact) mass is 282 g/mol. The van der Waals surface area contributed by atoms with Crippen LogP contribution >= 0.6 is 0 Å². The van der Waals surface area contributed by atoms with Crippen molar-refractivity contribution in [1.29, 1.82) is 0 Å². The Labute approximate surface area is 113 Å². The lowest BCUT2D eigenvalue weighted by Crippen LogP contribution is -2.32. The number of nitrogens with one attached hydrogen (secondary N) is 1. The van der Waals surface area contributed by atoms with Gasteiger partial charge in [-0.25, -0.2) is 14.4 Å². The number of hydrogen-bond acceptors (Lipinski definition) is 6. The van der Waals surface area contributed by atoms with E-state index in [1.165, 1.54) is 17.9 Å². The van der Waals surface area contributed by atoms with E-state index in [-0.39, 0.29) is 13.2 Å². The number of carbonyl (C=O) groups is 2. The van der Waals surface area contributed by atoms with E-state index >= 15 is 0 Å². The van der Waals surface area contributed by atoms with Crippen molar-refractivity contribution in [2.45, 2.75) is 13.5 Å². The molecule has 8 nitrogen and oxygen atoms in total. The highest BCUT2D eigenvalue weighted by molar-refractivity contribution is 5.91. The Kier molecular flexibility index (Phi) is 5.45. The number of aryl methyl sites for hydroxylation is 1. The van der Waals surface area contributed by atoms with Gasteiger partial charge in [-0.05, 0) is 6.92 Å². The number of aromatic amines is 1. The fraction of sp³-hybridized carbons (Fsp3) is 0.333. The maximum absolute atomic E-state index is 11.4. The molecule has 0 aliphatic rings. The molecule has 1 N–H and O–H groups in total. The molecule has 0 aliphatic heterocycles. The molecule has 0 amide bonds. The molecule has 0 aliphatic carbocycles. The number of carbonyl (C=O) groups excluding carboxylic acids is 2. The van der Waals surface area contributed by atoms with Crippen molar-refractivity contribution in [1.82, 2.24) is 9.55 Å². The molecule has 0 unspecified atom stereocenters. The maximum atomic E-state index is 11.4. The molecular formula is C12H14N2O6. The standard InChI is InChI=1S/C12H14N2O6/c1-8-7-14(12(18)13-11(8)17)5-6-20-10(16)4-3-9(15)19-2/h3-4,7H,5-6H2,1-2H3,(H,13,17,18)/b4-3+. The van der Waals surface area contributed by atoms with Gasteiger partial charge in [0.05, 0.1) is 13.7 Å². The largest absolute Gasteiger partial charge is 0.466 e. The van der Waals surface area contributed by atoms with Crippen LogP contribution in [0.15, 0.2) is 27.9 Å². The summed E-state index contributed by atoms with van der Waals surface area (Å²) in [6.45, 7) is 1.57. The zero-order chi connectivity index (χ0) is 15.1. The first kappa shape index (κ1) is 15.4. The Hall–Kier alpha value is -2.64. The van der Waals surface area contributed by atoms with E-state index in [4.69, 9.17) is 4.74 Å². The van der Waals surface area contributed by atoms with Crippen molar-refractivity contribution >= 4 is 11.9 Å². The van der Waals surface area contributed by atoms with E-state index in [1.807, 2.05) is 0 Å². The Morgan fingerprint density at radius 1 is 1.30 bits per heavy atom. The van der Waals surface area contributed by atoms with Gasteiger partial charge >= 0.3 is 17.6 Å². The summed E-state index contributed by atoms with van der Waals surface area (Å²) in [5, 5.41) is 0. The number of aromatic nitrogens is 2. The first-order valence-corrected chi connectivity index (χ1v) is 5.67. The summed E-state index contributed by atoms with van der Waals surface area (Å²) < 4.78 is 10.3. The second-order valence-corrected chi connectivity index (χ2v) is 3.79. The summed E-state index contributed by atoms with van der Waals surface area (Å²) in [4.78, 5) is 46.6. The number of rotatable bonds is 5. The van der Waals surface area contributed by atoms with Crippen molar-refractivity contribution in [3.63, 3.8) is 0 Å². The number of hydrogen-bond donors (Lipinski definition) is 1. The molecule has 1 heterocycles. The summed E-state index contributed by atoms with van der Waals surface area (Å²) in [5.74, 6) is -1.40. The number of esters is 2. The van der Waals surface area contributed by atoms with Gasteiger partial charge in [0, 0.05) is 23.9 Å². The zero-order valence-electron chi connectivity index (χ0n) is 11.0. The van der Waals surface area contributed by atoms with Crippen LogP contribution in [0.5, 0.6) is 0 Å². The molecule has 1 aromatic rings. The third-order valence-corrected chi connectivity index (χ3v) is 2.32. The van der Waals surface area contributed by atoms with Gasteiger partial charge in [-0.1, -0.05) is 0 Å². The van der Waals surface area contributed by atoms with Crippen molar-refractivity contribution in [2.75, 3.05) is 13.7 Å². The number of H-pyrrole nitrogens is 1. The third-order valence-electron chi connectivity index (χ3n) is 2.32. The highest BCUT2D eigenvalue weighted by Crippen LogP contribution is 1.88. The van der Waals surface area contributed by atoms with E-state index in [0.29, 0.717) is 5.56 Å². The van der Waals surface area contributed by atoms with Gasteiger partial charge < -0.3 is 9.47 Å². The van der Waals surface area contributed by atoms with Crippen LogP contribution in [0.25, 0.3) is 0 Å². The molecule has 20 heavy (non-hydrogen) atoms. The predicted octanol–water partition coefficient (Wildman–Crippen LogP) is -0.883. The molecule has 1 rings (SSSR count). The second kappa shape index (κ2) is 7.07. The molecule has 0 fully saturated rings. The van der Waals surface area contributed by atoms with Crippen LogP contribution in [0.2, 0.25) is 0 Å². The molecule has 108 valence electrons. The third kappa shape index (κ3) is 4.56. The maximum Gasteiger partial charge on any atom is 0.331 e. The van der Waals surface area contributed by atoms with Gasteiger partial charge in [0.15, 0.2) is 0 Å². The summed E-state index contributed by atoms with van der Waals surface area (Å²) in [6.07, 6.45) is 3.23. The quantitative estimate of drug-likeness (QED) is 0.555. The first-order chi connectivity index (χ1) is 9.43. The predicted molar refractivity (Wildman–Crippen MR) is 68.2 cm³/mol. The lowest BCUT2D eigenvalue weighted by Gasteiger charge is -2.05. The average Bonchev–Trinajstić information content (AvgIpc) is 2.41. The van der Waals surface area contributed by atoms with Crippen molar-refractivity contribution in [2.24, 2.45) is 0 Å². The van der Waals surface area contributed by atoms with Gasteiger partial charge in [0.2, 0.25) is 0 Å². The highest BCUT2D eigenvalue weighted by atomic mass is 16.5. The van der Waals surface area contributed by atoms with E-state index in [2.05, 4.69) is 9.72 Å². The lowest BCUT2D eigenvalue weighted by atomic mass is 10.4. The normalized spacial score (nSPS) is 10.5. The van der Waals surface area contributed by atoms with Gasteiger partial charge in [-0.2, -0.15) is 0 Å². The summed E-state index contributed by atoms with van der Waals surface area (Å²) in [5.41, 5.74) is -0.660. The molecule has 8 heteroatoms. The van der Waals surface area contributed by atoms with Crippen LogP contribution in [0.3, 0.4) is 0 Å².